The first-order valence-electron chi connectivity index (χ1n) is 6.12. The smallest absolute Gasteiger partial charge is 0.241 e. The third-order valence-corrected chi connectivity index (χ3v) is 4.52. The minimum atomic E-state index is -3.85. The van der Waals surface area contributed by atoms with Gasteiger partial charge >= 0.3 is 0 Å². The second-order valence-electron chi connectivity index (χ2n) is 4.58. The van der Waals surface area contributed by atoms with Crippen LogP contribution in [0.1, 0.15) is 18.5 Å². The quantitative estimate of drug-likeness (QED) is 0.852. The Bertz CT molecular complexity index is 746. The van der Waals surface area contributed by atoms with Gasteiger partial charge in [0.15, 0.2) is 0 Å². The van der Waals surface area contributed by atoms with Gasteiger partial charge < -0.3 is 5.73 Å². The van der Waals surface area contributed by atoms with Crippen LogP contribution in [0.2, 0.25) is 0 Å². The highest BCUT2D eigenvalue weighted by Gasteiger charge is 2.19. The van der Waals surface area contributed by atoms with Crippen molar-refractivity contribution in [1.29, 1.82) is 0 Å². The third kappa shape index (κ3) is 3.56. The molecule has 1 unspecified atom stereocenters. The van der Waals surface area contributed by atoms with Gasteiger partial charge in [0, 0.05) is 6.04 Å². The lowest BCUT2D eigenvalue weighted by Crippen LogP contribution is -2.27. The Kier molecular flexibility index (Phi) is 4.24. The van der Waals surface area contributed by atoms with Crippen LogP contribution in [0, 0.1) is 11.6 Å². The SMILES string of the molecule is CC(NS(=O)(=O)c1ccc(F)c(N)c1)c1ccc(F)cc1. The molecule has 3 N–H and O–H groups in total. The minimum absolute atomic E-state index is 0.129. The number of nitrogens with one attached hydrogen (secondary N) is 1. The molecule has 7 heteroatoms. The zero-order valence-electron chi connectivity index (χ0n) is 11.2. The summed E-state index contributed by atoms with van der Waals surface area (Å²) in [5.41, 5.74) is 5.73. The number of nitrogens with two attached hydrogens (primary N) is 1. The zero-order valence-corrected chi connectivity index (χ0v) is 12.0. The number of benzene rings is 2. The van der Waals surface area contributed by atoms with Crippen molar-refractivity contribution in [3.63, 3.8) is 0 Å². The van der Waals surface area contributed by atoms with Crippen LogP contribution < -0.4 is 10.5 Å². The van der Waals surface area contributed by atoms with E-state index in [0.29, 0.717) is 5.56 Å². The normalized spacial score (nSPS) is 13.1. The summed E-state index contributed by atoms with van der Waals surface area (Å²) in [6.07, 6.45) is 0. The van der Waals surface area contributed by atoms with Gasteiger partial charge in [-0.3, -0.25) is 0 Å². The molecule has 0 saturated heterocycles. The molecular weight excluding hydrogens is 298 g/mol. The Morgan fingerprint density at radius 3 is 2.29 bits per heavy atom. The van der Waals surface area contributed by atoms with Gasteiger partial charge in [-0.2, -0.15) is 0 Å². The van der Waals surface area contributed by atoms with Gasteiger partial charge in [0.25, 0.3) is 0 Å². The molecule has 112 valence electrons. The maximum atomic E-state index is 13.1. The Hall–Kier alpha value is -1.99. The van der Waals surface area contributed by atoms with Crippen molar-refractivity contribution in [2.24, 2.45) is 0 Å². The van der Waals surface area contributed by atoms with Crippen LogP contribution in [0.5, 0.6) is 0 Å². The molecule has 0 aromatic heterocycles. The van der Waals surface area contributed by atoms with E-state index in [1.165, 1.54) is 24.3 Å². The summed E-state index contributed by atoms with van der Waals surface area (Å²) < 4.78 is 52.7. The minimum Gasteiger partial charge on any atom is -0.396 e. The van der Waals surface area contributed by atoms with Crippen LogP contribution in [-0.2, 0) is 10.0 Å². The number of halogens is 2. The van der Waals surface area contributed by atoms with Crippen LogP contribution in [-0.4, -0.2) is 8.42 Å². The maximum Gasteiger partial charge on any atom is 0.241 e. The van der Waals surface area contributed by atoms with Crippen molar-refractivity contribution in [3.8, 4) is 0 Å². The highest BCUT2D eigenvalue weighted by molar-refractivity contribution is 7.89. The van der Waals surface area contributed by atoms with Gasteiger partial charge in [0.1, 0.15) is 11.6 Å². The summed E-state index contributed by atoms with van der Waals surface area (Å²) in [6, 6.07) is 8.07. The average Bonchev–Trinajstić information content (AvgIpc) is 2.42. The predicted octanol–water partition coefficient (Wildman–Crippen LogP) is 2.59. The molecule has 0 aliphatic heterocycles. The standard InChI is InChI=1S/C14H14F2N2O2S/c1-9(10-2-4-11(15)5-3-10)18-21(19,20)12-6-7-13(16)14(17)8-12/h2-9,18H,17H2,1H3. The van der Waals surface area contributed by atoms with Crippen molar-refractivity contribution >= 4 is 15.7 Å². The number of anilines is 1. The van der Waals surface area contributed by atoms with Gasteiger partial charge in [-0.25, -0.2) is 21.9 Å². The molecule has 0 amide bonds. The summed E-state index contributed by atoms with van der Waals surface area (Å²) >= 11 is 0. The van der Waals surface area contributed by atoms with E-state index < -0.39 is 27.7 Å². The molecule has 2 aromatic rings. The first kappa shape index (κ1) is 15.4. The molecule has 0 fully saturated rings. The third-order valence-electron chi connectivity index (χ3n) is 2.98. The molecule has 1 atom stereocenters. The summed E-state index contributed by atoms with van der Waals surface area (Å²) in [4.78, 5) is -0.129. The lowest BCUT2D eigenvalue weighted by atomic mass is 10.1. The molecule has 0 aliphatic carbocycles. The fraction of sp³-hybridized carbons (Fsp3) is 0.143. The van der Waals surface area contributed by atoms with E-state index in [1.807, 2.05) is 0 Å². The van der Waals surface area contributed by atoms with Crippen molar-refractivity contribution in [1.82, 2.24) is 4.72 Å². The highest BCUT2D eigenvalue weighted by atomic mass is 32.2. The topological polar surface area (TPSA) is 72.2 Å². The number of nitrogen functional groups attached to an aromatic ring is 1. The van der Waals surface area contributed by atoms with E-state index in [2.05, 4.69) is 4.72 Å². The van der Waals surface area contributed by atoms with Crippen LogP contribution in [0.15, 0.2) is 47.4 Å². The molecule has 0 radical (unpaired) electrons. The van der Waals surface area contributed by atoms with Crippen molar-refractivity contribution in [2.45, 2.75) is 17.9 Å². The van der Waals surface area contributed by atoms with E-state index in [4.69, 9.17) is 5.73 Å². The number of hydrogen-bond donors (Lipinski definition) is 2. The lowest BCUT2D eigenvalue weighted by molar-refractivity contribution is 0.566. The maximum absolute atomic E-state index is 13.1. The van der Waals surface area contributed by atoms with Gasteiger partial charge in [0.2, 0.25) is 10.0 Å². The van der Waals surface area contributed by atoms with Crippen LogP contribution in [0.25, 0.3) is 0 Å². The van der Waals surface area contributed by atoms with Crippen molar-refractivity contribution < 1.29 is 17.2 Å². The number of sulfonamides is 1. The molecule has 4 nitrogen and oxygen atoms in total. The summed E-state index contributed by atoms with van der Waals surface area (Å²) in [5, 5.41) is 0. The molecular formula is C14H14F2N2O2S. The van der Waals surface area contributed by atoms with E-state index in [1.54, 1.807) is 6.92 Å². The van der Waals surface area contributed by atoms with Crippen molar-refractivity contribution in [3.05, 3.63) is 59.7 Å². The second-order valence-corrected chi connectivity index (χ2v) is 6.29. The van der Waals surface area contributed by atoms with E-state index in [9.17, 15) is 17.2 Å². The molecule has 2 rings (SSSR count). The van der Waals surface area contributed by atoms with Crippen LogP contribution in [0.4, 0.5) is 14.5 Å². The monoisotopic (exact) mass is 312 g/mol. The predicted molar refractivity (Wildman–Crippen MR) is 75.9 cm³/mol. The van der Waals surface area contributed by atoms with Crippen LogP contribution >= 0.6 is 0 Å². The highest BCUT2D eigenvalue weighted by Crippen LogP contribution is 2.20. The first-order valence-corrected chi connectivity index (χ1v) is 7.61. The Labute approximate surface area is 121 Å². The fourth-order valence-electron chi connectivity index (χ4n) is 1.81. The Morgan fingerprint density at radius 2 is 1.71 bits per heavy atom. The van der Waals surface area contributed by atoms with Crippen LogP contribution in [0.3, 0.4) is 0 Å². The Balaban J connectivity index is 2.24. The first-order chi connectivity index (χ1) is 9.79. The summed E-state index contributed by atoms with van der Waals surface area (Å²) in [6.45, 7) is 1.62. The fourth-order valence-corrected chi connectivity index (χ4v) is 3.08. The van der Waals surface area contributed by atoms with E-state index in [-0.39, 0.29) is 10.6 Å². The van der Waals surface area contributed by atoms with Gasteiger partial charge in [-0.15, -0.1) is 0 Å². The lowest BCUT2D eigenvalue weighted by Gasteiger charge is -2.15. The molecule has 0 saturated carbocycles. The average molecular weight is 312 g/mol. The largest absolute Gasteiger partial charge is 0.396 e. The second kappa shape index (κ2) is 5.79. The van der Waals surface area contributed by atoms with E-state index >= 15 is 0 Å². The van der Waals surface area contributed by atoms with E-state index in [0.717, 1.165) is 18.2 Å². The number of rotatable bonds is 4. The molecule has 0 aliphatic rings. The van der Waals surface area contributed by atoms with Gasteiger partial charge in [-0.1, -0.05) is 12.1 Å². The van der Waals surface area contributed by atoms with Gasteiger partial charge in [0.05, 0.1) is 10.6 Å². The summed E-state index contributed by atoms with van der Waals surface area (Å²) in [7, 11) is -3.85. The molecule has 0 spiro atoms. The molecule has 0 bridgehead atoms. The van der Waals surface area contributed by atoms with Crippen molar-refractivity contribution in [2.75, 3.05) is 5.73 Å². The molecule has 0 heterocycles. The van der Waals surface area contributed by atoms with Gasteiger partial charge in [-0.05, 0) is 42.8 Å². The zero-order chi connectivity index (χ0) is 15.6. The summed E-state index contributed by atoms with van der Waals surface area (Å²) in [5.74, 6) is -1.08. The Morgan fingerprint density at radius 1 is 1.10 bits per heavy atom. The molecule has 2 aromatic carbocycles. The molecule has 21 heavy (non-hydrogen) atoms. The number of hydrogen-bond acceptors (Lipinski definition) is 3.